The van der Waals surface area contributed by atoms with E-state index < -0.39 is 0 Å². The van der Waals surface area contributed by atoms with Crippen molar-refractivity contribution in [1.29, 1.82) is 0 Å². The van der Waals surface area contributed by atoms with Crippen LogP contribution in [0.4, 0.5) is 5.95 Å². The first-order valence-corrected chi connectivity index (χ1v) is 12.8. The van der Waals surface area contributed by atoms with Gasteiger partial charge < -0.3 is 0 Å². The van der Waals surface area contributed by atoms with Gasteiger partial charge in [-0.1, -0.05) is 69.3 Å². The van der Waals surface area contributed by atoms with Gasteiger partial charge in [-0.2, -0.15) is 0 Å². The Kier molecular flexibility index (Phi) is 6.19. The normalized spacial score (nSPS) is 15.6. The number of nitrogens with zero attached hydrogens (tertiary/aromatic N) is 2. The number of carbonyl (C=O) groups excluding carboxylic acids is 1. The Hall–Kier alpha value is -3.45. The summed E-state index contributed by atoms with van der Waals surface area (Å²) in [6.45, 7) is 7.23. The molecule has 0 fully saturated rings. The van der Waals surface area contributed by atoms with Crippen LogP contribution in [0.5, 0.6) is 0 Å². The zero-order valence-corrected chi connectivity index (χ0v) is 21.1. The van der Waals surface area contributed by atoms with Gasteiger partial charge in [0.25, 0.3) is 11.5 Å². The highest BCUT2D eigenvalue weighted by Crippen LogP contribution is 2.42. The molecule has 2 aromatic carbocycles. The maximum Gasteiger partial charge on any atom is 0.269 e. The molecule has 2 N–H and O–H groups in total. The SMILES string of the molecule is CC(C)(C)[C@H]1CCc2c(sc3nc(NNC(=O)c4ccccc4)n(Cc4ccccc4)c(=O)c23)C1. The third-order valence-electron chi connectivity index (χ3n) is 6.90. The summed E-state index contributed by atoms with van der Waals surface area (Å²) in [5.41, 5.74) is 8.48. The Balaban J connectivity index is 1.55. The smallest absolute Gasteiger partial charge is 0.269 e. The number of benzene rings is 2. The van der Waals surface area contributed by atoms with Crippen LogP contribution in [0.3, 0.4) is 0 Å². The molecule has 1 aliphatic rings. The van der Waals surface area contributed by atoms with Gasteiger partial charge in [0.1, 0.15) is 4.83 Å². The van der Waals surface area contributed by atoms with Crippen molar-refractivity contribution < 1.29 is 4.79 Å². The van der Waals surface area contributed by atoms with Gasteiger partial charge in [0.15, 0.2) is 0 Å². The van der Waals surface area contributed by atoms with Gasteiger partial charge in [0, 0.05) is 10.4 Å². The Bertz CT molecular complexity index is 1420. The predicted molar refractivity (Wildman–Crippen MR) is 142 cm³/mol. The van der Waals surface area contributed by atoms with Crippen molar-refractivity contribution in [2.75, 3.05) is 5.43 Å². The van der Waals surface area contributed by atoms with Gasteiger partial charge in [-0.3, -0.25) is 25.0 Å². The molecule has 7 heteroatoms. The number of hydrogen-bond acceptors (Lipinski definition) is 5. The van der Waals surface area contributed by atoms with Gasteiger partial charge in [-0.25, -0.2) is 4.98 Å². The van der Waals surface area contributed by atoms with Crippen LogP contribution in [0.15, 0.2) is 65.5 Å². The summed E-state index contributed by atoms with van der Waals surface area (Å²) in [4.78, 5) is 33.3. The van der Waals surface area contributed by atoms with E-state index in [1.807, 2.05) is 48.5 Å². The highest BCUT2D eigenvalue weighted by molar-refractivity contribution is 7.18. The lowest BCUT2D eigenvalue weighted by Crippen LogP contribution is -2.34. The van der Waals surface area contributed by atoms with Crippen LogP contribution in [-0.4, -0.2) is 15.5 Å². The minimum Gasteiger partial charge on any atom is -0.272 e. The highest BCUT2D eigenvalue weighted by Gasteiger charge is 2.32. The maximum absolute atomic E-state index is 13.9. The molecule has 1 amide bonds. The van der Waals surface area contributed by atoms with Crippen molar-refractivity contribution in [2.24, 2.45) is 11.3 Å². The molecule has 0 saturated carbocycles. The lowest BCUT2D eigenvalue weighted by molar-refractivity contribution is 0.0962. The topological polar surface area (TPSA) is 76.0 Å². The average molecular weight is 487 g/mol. The monoisotopic (exact) mass is 486 g/mol. The minimum atomic E-state index is -0.287. The number of fused-ring (bicyclic) bond motifs is 3. The Morgan fingerprint density at radius 3 is 2.46 bits per heavy atom. The molecule has 1 aliphatic carbocycles. The molecule has 0 unspecified atom stereocenters. The van der Waals surface area contributed by atoms with Crippen molar-refractivity contribution in [3.05, 3.63) is 92.6 Å². The van der Waals surface area contributed by atoms with Crippen molar-refractivity contribution in [1.82, 2.24) is 15.0 Å². The summed E-state index contributed by atoms with van der Waals surface area (Å²) >= 11 is 1.62. The lowest BCUT2D eigenvalue weighted by atomic mass is 9.72. The number of anilines is 1. The molecule has 0 bridgehead atoms. The van der Waals surface area contributed by atoms with E-state index in [0.717, 1.165) is 40.6 Å². The number of rotatable bonds is 5. The largest absolute Gasteiger partial charge is 0.272 e. The second-order valence-corrected chi connectivity index (χ2v) is 11.3. The number of aromatic nitrogens is 2. The second-order valence-electron chi connectivity index (χ2n) is 10.2. The summed E-state index contributed by atoms with van der Waals surface area (Å²) in [6, 6.07) is 18.8. The minimum absolute atomic E-state index is 0.0676. The number of thiophene rings is 1. The van der Waals surface area contributed by atoms with Crippen molar-refractivity contribution >= 4 is 33.4 Å². The average Bonchev–Trinajstić information content (AvgIpc) is 3.23. The first kappa shape index (κ1) is 23.3. The first-order chi connectivity index (χ1) is 16.8. The summed E-state index contributed by atoms with van der Waals surface area (Å²) in [5, 5.41) is 0.730. The van der Waals surface area contributed by atoms with E-state index in [9.17, 15) is 9.59 Å². The molecule has 1 atom stereocenters. The zero-order chi connectivity index (χ0) is 24.6. The van der Waals surface area contributed by atoms with E-state index in [4.69, 9.17) is 4.98 Å². The number of hydrazine groups is 1. The molecule has 6 nitrogen and oxygen atoms in total. The number of aryl methyl sites for hydroxylation is 1. The van der Waals surface area contributed by atoms with E-state index in [2.05, 4.69) is 31.6 Å². The standard InChI is InChI=1S/C28H30N4O2S/c1-28(2,3)20-14-15-21-22(16-20)35-25-23(21)26(34)32(17-18-10-6-4-7-11-18)27(29-25)31-30-24(33)19-12-8-5-9-13-19/h4-13,20H,14-17H2,1-3H3,(H,29,31)(H,30,33)/t20-/m0/s1. The van der Waals surface area contributed by atoms with Gasteiger partial charge in [-0.05, 0) is 53.9 Å². The van der Waals surface area contributed by atoms with Crippen LogP contribution in [-0.2, 0) is 19.4 Å². The number of amides is 1. The number of nitrogens with one attached hydrogen (secondary N) is 2. The molecule has 0 spiro atoms. The van der Waals surface area contributed by atoms with E-state index in [-0.39, 0.29) is 16.9 Å². The zero-order valence-electron chi connectivity index (χ0n) is 20.3. The highest BCUT2D eigenvalue weighted by atomic mass is 32.1. The van der Waals surface area contributed by atoms with Crippen molar-refractivity contribution in [2.45, 2.75) is 46.6 Å². The molecule has 4 aromatic rings. The molecule has 2 heterocycles. The Morgan fingerprint density at radius 1 is 1.09 bits per heavy atom. The molecule has 0 radical (unpaired) electrons. The summed E-state index contributed by atoms with van der Waals surface area (Å²) in [6.07, 6.45) is 2.95. The Morgan fingerprint density at radius 2 is 1.77 bits per heavy atom. The van der Waals surface area contributed by atoms with Crippen LogP contribution < -0.4 is 16.4 Å². The molecule has 5 rings (SSSR count). The van der Waals surface area contributed by atoms with Gasteiger partial charge >= 0.3 is 0 Å². The third kappa shape index (κ3) is 4.73. The fourth-order valence-electron chi connectivity index (χ4n) is 4.78. The van der Waals surface area contributed by atoms with Crippen LogP contribution in [0, 0.1) is 11.3 Å². The number of hydrogen-bond donors (Lipinski definition) is 2. The fourth-order valence-corrected chi connectivity index (χ4v) is 6.07. The lowest BCUT2D eigenvalue weighted by Gasteiger charge is -2.33. The second kappa shape index (κ2) is 9.30. The van der Waals surface area contributed by atoms with E-state index in [0.29, 0.717) is 24.0 Å². The molecular formula is C28H30N4O2S. The van der Waals surface area contributed by atoms with Crippen LogP contribution in [0.25, 0.3) is 10.2 Å². The van der Waals surface area contributed by atoms with Crippen molar-refractivity contribution in [3.63, 3.8) is 0 Å². The third-order valence-corrected chi connectivity index (χ3v) is 8.05. The molecule has 2 aromatic heterocycles. The molecular weight excluding hydrogens is 456 g/mol. The van der Waals surface area contributed by atoms with Crippen LogP contribution >= 0.6 is 11.3 Å². The van der Waals surface area contributed by atoms with Gasteiger partial charge in [0.05, 0.1) is 11.9 Å². The van der Waals surface area contributed by atoms with Crippen LogP contribution in [0.1, 0.15) is 53.6 Å². The maximum atomic E-state index is 13.9. The predicted octanol–water partition coefficient (Wildman–Crippen LogP) is 5.41. The molecule has 0 aliphatic heterocycles. The first-order valence-electron chi connectivity index (χ1n) is 12.0. The fraction of sp³-hybridized carbons (Fsp3) is 0.321. The summed E-state index contributed by atoms with van der Waals surface area (Å²) in [5.74, 6) is 0.628. The van der Waals surface area contributed by atoms with E-state index >= 15 is 0 Å². The van der Waals surface area contributed by atoms with E-state index in [1.165, 1.54) is 4.88 Å². The van der Waals surface area contributed by atoms with Gasteiger partial charge in [-0.15, -0.1) is 11.3 Å². The Labute approximate surface area is 209 Å². The number of carbonyl (C=O) groups is 1. The van der Waals surface area contributed by atoms with E-state index in [1.54, 1.807) is 28.0 Å². The summed E-state index contributed by atoms with van der Waals surface area (Å²) < 4.78 is 1.63. The summed E-state index contributed by atoms with van der Waals surface area (Å²) in [7, 11) is 0. The molecule has 0 saturated heterocycles. The molecule has 35 heavy (non-hydrogen) atoms. The molecule has 180 valence electrons. The van der Waals surface area contributed by atoms with Crippen LogP contribution in [0.2, 0.25) is 0 Å². The quantitative estimate of drug-likeness (QED) is 0.370. The van der Waals surface area contributed by atoms with Gasteiger partial charge in [0.2, 0.25) is 5.95 Å². The van der Waals surface area contributed by atoms with Crippen molar-refractivity contribution in [3.8, 4) is 0 Å².